The van der Waals surface area contributed by atoms with Crippen LogP contribution in [0.25, 0.3) is 0 Å². The molecular formula is C13H10F2N2O3S. The van der Waals surface area contributed by atoms with Crippen LogP contribution in [0, 0.1) is 21.7 Å². The van der Waals surface area contributed by atoms with Crippen molar-refractivity contribution in [3.8, 4) is 0 Å². The lowest BCUT2D eigenvalue weighted by molar-refractivity contribution is -0.387. The summed E-state index contributed by atoms with van der Waals surface area (Å²) in [7, 11) is -1.68. The molecule has 0 aliphatic heterocycles. The molecule has 110 valence electrons. The van der Waals surface area contributed by atoms with Crippen molar-refractivity contribution in [1.82, 2.24) is 0 Å². The van der Waals surface area contributed by atoms with E-state index in [1.54, 1.807) is 0 Å². The topological polar surface area (TPSA) is 86.2 Å². The van der Waals surface area contributed by atoms with Gasteiger partial charge in [-0.05, 0) is 29.8 Å². The van der Waals surface area contributed by atoms with Crippen molar-refractivity contribution >= 4 is 22.2 Å². The number of nitrogen functional groups attached to an aromatic ring is 1. The molecule has 2 N–H and O–H groups in total. The standard InChI is InChI=1S/C13H10F2N2O3S/c14-9-2-3-11(16)13(6-9)21(20)7-8-1-4-12(17(18)19)10(15)5-8/h1-6H,7,16H2. The zero-order valence-corrected chi connectivity index (χ0v) is 11.4. The number of nitrogens with zero attached hydrogens (tertiary/aromatic N) is 1. The minimum atomic E-state index is -1.68. The summed E-state index contributed by atoms with van der Waals surface area (Å²) >= 11 is 0. The van der Waals surface area contributed by atoms with Gasteiger partial charge in [0.2, 0.25) is 5.82 Å². The van der Waals surface area contributed by atoms with Gasteiger partial charge in [-0.3, -0.25) is 14.3 Å². The van der Waals surface area contributed by atoms with E-state index in [4.69, 9.17) is 5.73 Å². The highest BCUT2D eigenvalue weighted by Crippen LogP contribution is 2.23. The number of nitro benzene ring substituents is 1. The monoisotopic (exact) mass is 312 g/mol. The summed E-state index contributed by atoms with van der Waals surface area (Å²) in [6.45, 7) is 0. The first-order valence-corrected chi connectivity index (χ1v) is 7.06. The highest BCUT2D eigenvalue weighted by Gasteiger charge is 2.16. The summed E-state index contributed by atoms with van der Waals surface area (Å²) in [6, 6.07) is 6.71. The van der Waals surface area contributed by atoms with Crippen LogP contribution in [0.2, 0.25) is 0 Å². The van der Waals surface area contributed by atoms with Gasteiger partial charge in [-0.25, -0.2) is 4.39 Å². The van der Waals surface area contributed by atoms with E-state index < -0.39 is 33.0 Å². The maximum absolute atomic E-state index is 13.5. The lowest BCUT2D eigenvalue weighted by Gasteiger charge is -2.06. The molecule has 2 rings (SSSR count). The van der Waals surface area contributed by atoms with E-state index in [0.717, 1.165) is 24.3 Å². The Morgan fingerprint density at radius 2 is 1.90 bits per heavy atom. The molecule has 0 spiro atoms. The molecule has 0 heterocycles. The number of anilines is 1. The van der Waals surface area contributed by atoms with Crippen molar-refractivity contribution < 1.29 is 17.9 Å². The summed E-state index contributed by atoms with van der Waals surface area (Å²) < 4.78 is 38.7. The molecule has 0 radical (unpaired) electrons. The summed E-state index contributed by atoms with van der Waals surface area (Å²) in [5.74, 6) is -1.72. The molecule has 8 heteroatoms. The summed E-state index contributed by atoms with van der Waals surface area (Å²) in [4.78, 5) is 9.76. The van der Waals surface area contributed by atoms with E-state index >= 15 is 0 Å². The summed E-state index contributed by atoms with van der Waals surface area (Å²) in [5, 5.41) is 10.5. The minimum Gasteiger partial charge on any atom is -0.398 e. The Hall–Kier alpha value is -2.35. The second kappa shape index (κ2) is 5.96. The van der Waals surface area contributed by atoms with Gasteiger partial charge in [0.15, 0.2) is 0 Å². The molecule has 0 aliphatic rings. The zero-order chi connectivity index (χ0) is 15.6. The molecule has 0 aliphatic carbocycles. The Kier molecular flexibility index (Phi) is 4.27. The lowest BCUT2D eigenvalue weighted by atomic mass is 10.2. The average Bonchev–Trinajstić information content (AvgIpc) is 2.41. The summed E-state index contributed by atoms with van der Waals surface area (Å²) in [6.07, 6.45) is 0. The number of halogens is 2. The molecule has 1 atom stereocenters. The summed E-state index contributed by atoms with van der Waals surface area (Å²) in [5.41, 5.74) is 5.41. The van der Waals surface area contributed by atoms with Gasteiger partial charge in [-0.15, -0.1) is 0 Å². The fourth-order valence-corrected chi connectivity index (χ4v) is 2.94. The largest absolute Gasteiger partial charge is 0.398 e. The van der Waals surface area contributed by atoms with Crippen LogP contribution in [-0.4, -0.2) is 9.13 Å². The van der Waals surface area contributed by atoms with Gasteiger partial charge in [-0.2, -0.15) is 4.39 Å². The van der Waals surface area contributed by atoms with Crippen LogP contribution in [0.1, 0.15) is 5.56 Å². The predicted octanol–water partition coefficient (Wildman–Crippen LogP) is 2.76. The van der Waals surface area contributed by atoms with Crippen LogP contribution in [0.3, 0.4) is 0 Å². The van der Waals surface area contributed by atoms with Crippen LogP contribution >= 0.6 is 0 Å². The molecule has 0 fully saturated rings. The number of benzene rings is 2. The maximum atomic E-state index is 13.5. The molecule has 2 aromatic rings. The van der Waals surface area contributed by atoms with Crippen molar-refractivity contribution in [2.75, 3.05) is 5.73 Å². The average molecular weight is 312 g/mol. The van der Waals surface area contributed by atoms with Gasteiger partial charge in [-0.1, -0.05) is 6.07 Å². The number of hydrogen-bond acceptors (Lipinski definition) is 4. The van der Waals surface area contributed by atoms with Gasteiger partial charge in [0.25, 0.3) is 0 Å². The molecular weight excluding hydrogens is 302 g/mol. The predicted molar refractivity (Wildman–Crippen MR) is 74.0 cm³/mol. The first kappa shape index (κ1) is 15.0. The molecule has 1 unspecified atom stereocenters. The van der Waals surface area contributed by atoms with Crippen molar-refractivity contribution in [3.63, 3.8) is 0 Å². The third-order valence-electron chi connectivity index (χ3n) is 2.73. The van der Waals surface area contributed by atoms with Crippen molar-refractivity contribution in [1.29, 1.82) is 0 Å². The van der Waals surface area contributed by atoms with E-state index in [-0.39, 0.29) is 16.3 Å². The number of nitro groups is 1. The molecule has 5 nitrogen and oxygen atoms in total. The van der Waals surface area contributed by atoms with Crippen LogP contribution in [-0.2, 0) is 16.6 Å². The van der Waals surface area contributed by atoms with E-state index in [0.29, 0.717) is 5.56 Å². The van der Waals surface area contributed by atoms with E-state index in [1.165, 1.54) is 12.1 Å². The fraction of sp³-hybridized carbons (Fsp3) is 0.0769. The quantitative estimate of drug-likeness (QED) is 0.534. The third-order valence-corrected chi connectivity index (χ3v) is 4.17. The Morgan fingerprint density at radius 1 is 1.19 bits per heavy atom. The smallest absolute Gasteiger partial charge is 0.304 e. The first-order valence-electron chi connectivity index (χ1n) is 5.74. The second-order valence-electron chi connectivity index (χ2n) is 4.21. The Balaban J connectivity index is 2.26. The van der Waals surface area contributed by atoms with Crippen molar-refractivity contribution in [2.45, 2.75) is 10.6 Å². The second-order valence-corrected chi connectivity index (χ2v) is 5.63. The van der Waals surface area contributed by atoms with Gasteiger partial charge in [0.05, 0.1) is 26.4 Å². The Morgan fingerprint density at radius 3 is 2.52 bits per heavy atom. The molecule has 0 amide bonds. The fourth-order valence-electron chi connectivity index (χ4n) is 1.72. The van der Waals surface area contributed by atoms with Crippen molar-refractivity contribution in [3.05, 3.63) is 63.7 Å². The SMILES string of the molecule is Nc1ccc(F)cc1S(=O)Cc1ccc([N+](=O)[O-])c(F)c1. The molecule has 21 heavy (non-hydrogen) atoms. The number of nitrogens with two attached hydrogens (primary N) is 1. The molecule has 0 saturated heterocycles. The van der Waals surface area contributed by atoms with Gasteiger partial charge < -0.3 is 5.73 Å². The molecule has 0 saturated carbocycles. The third kappa shape index (κ3) is 3.40. The van der Waals surface area contributed by atoms with Crippen molar-refractivity contribution in [2.24, 2.45) is 0 Å². The van der Waals surface area contributed by atoms with Crippen LogP contribution in [0.5, 0.6) is 0 Å². The maximum Gasteiger partial charge on any atom is 0.304 e. The first-order chi connectivity index (χ1) is 9.88. The van der Waals surface area contributed by atoms with Crippen LogP contribution in [0.4, 0.5) is 20.2 Å². The molecule has 2 aromatic carbocycles. The zero-order valence-electron chi connectivity index (χ0n) is 10.6. The van der Waals surface area contributed by atoms with Gasteiger partial charge >= 0.3 is 5.69 Å². The van der Waals surface area contributed by atoms with Gasteiger partial charge in [0, 0.05) is 11.8 Å². The van der Waals surface area contributed by atoms with E-state index in [1.807, 2.05) is 0 Å². The molecule has 0 aromatic heterocycles. The van der Waals surface area contributed by atoms with Crippen LogP contribution in [0.15, 0.2) is 41.3 Å². The van der Waals surface area contributed by atoms with E-state index in [9.17, 15) is 23.1 Å². The van der Waals surface area contributed by atoms with Gasteiger partial charge in [0.1, 0.15) is 5.82 Å². The van der Waals surface area contributed by atoms with Crippen LogP contribution < -0.4 is 5.73 Å². The Bertz CT molecular complexity index is 737. The lowest BCUT2D eigenvalue weighted by Crippen LogP contribution is -2.02. The number of rotatable bonds is 4. The Labute approximate surface area is 121 Å². The normalized spacial score (nSPS) is 12.1. The highest BCUT2D eigenvalue weighted by molar-refractivity contribution is 7.84. The highest BCUT2D eigenvalue weighted by atomic mass is 32.2. The minimum absolute atomic E-state index is 0.105. The molecule has 0 bridgehead atoms. The van der Waals surface area contributed by atoms with E-state index in [2.05, 4.69) is 0 Å². The number of hydrogen-bond donors (Lipinski definition) is 1.